The van der Waals surface area contributed by atoms with Gasteiger partial charge in [-0.15, -0.1) is 0 Å². The van der Waals surface area contributed by atoms with Gasteiger partial charge in [-0.2, -0.15) is 5.01 Å². The smallest absolute Gasteiger partial charge is 0.273 e. The lowest BCUT2D eigenvalue weighted by molar-refractivity contribution is -0.384. The van der Waals surface area contributed by atoms with E-state index in [9.17, 15) is 24.5 Å². The molecule has 3 rings (SSSR count). The zero-order valence-electron chi connectivity index (χ0n) is 14.4. The van der Waals surface area contributed by atoms with Crippen LogP contribution in [0.1, 0.15) is 35.2 Å². The molecule has 0 spiro atoms. The number of piperidine rings is 1. The Hall–Kier alpha value is -3.55. The molecule has 1 heterocycles. The van der Waals surface area contributed by atoms with Crippen molar-refractivity contribution in [3.8, 4) is 0 Å². The van der Waals surface area contributed by atoms with Gasteiger partial charge in [0.05, 0.1) is 11.5 Å². The highest BCUT2D eigenvalue weighted by molar-refractivity contribution is 6.02. The van der Waals surface area contributed by atoms with E-state index in [2.05, 4.69) is 0 Å². The van der Waals surface area contributed by atoms with Gasteiger partial charge < -0.3 is 0 Å². The molecule has 0 N–H and O–H groups in total. The molecule has 1 fully saturated rings. The number of hydrogen-bond acceptors (Lipinski definition) is 5. The Balaban J connectivity index is 1.95. The van der Waals surface area contributed by atoms with E-state index in [1.165, 1.54) is 24.3 Å². The van der Waals surface area contributed by atoms with Crippen LogP contribution in [0.2, 0.25) is 0 Å². The van der Waals surface area contributed by atoms with E-state index in [0.29, 0.717) is 6.42 Å². The molecule has 2 aromatic rings. The van der Waals surface area contributed by atoms with Crippen molar-refractivity contribution in [2.45, 2.75) is 25.8 Å². The molecule has 138 valence electrons. The summed E-state index contributed by atoms with van der Waals surface area (Å²) in [5.41, 5.74) is 0.757. The third kappa shape index (κ3) is 4.00. The van der Waals surface area contributed by atoms with Crippen molar-refractivity contribution in [2.75, 3.05) is 0 Å². The fourth-order valence-corrected chi connectivity index (χ4v) is 2.88. The molecule has 3 amide bonds. The van der Waals surface area contributed by atoms with Crippen molar-refractivity contribution >= 4 is 23.4 Å². The van der Waals surface area contributed by atoms with Crippen molar-refractivity contribution in [1.82, 2.24) is 10.0 Å². The summed E-state index contributed by atoms with van der Waals surface area (Å²) >= 11 is 0. The summed E-state index contributed by atoms with van der Waals surface area (Å²) in [4.78, 5) is 47.9. The number of amides is 3. The first-order valence-corrected chi connectivity index (χ1v) is 8.43. The van der Waals surface area contributed by atoms with Crippen molar-refractivity contribution in [3.63, 3.8) is 0 Å². The summed E-state index contributed by atoms with van der Waals surface area (Å²) in [6, 6.07) is 14.1. The molecule has 27 heavy (non-hydrogen) atoms. The molecular weight excluding hydrogens is 350 g/mol. The highest BCUT2D eigenvalue weighted by Crippen LogP contribution is 2.21. The molecule has 0 aliphatic carbocycles. The molecule has 1 saturated heterocycles. The number of hydrogen-bond donors (Lipinski definition) is 0. The monoisotopic (exact) mass is 367 g/mol. The minimum atomic E-state index is -0.572. The van der Waals surface area contributed by atoms with Crippen LogP contribution in [-0.4, -0.2) is 32.7 Å². The maximum Gasteiger partial charge on any atom is 0.273 e. The van der Waals surface area contributed by atoms with E-state index in [4.69, 9.17) is 0 Å². The molecule has 2 aromatic carbocycles. The number of carbonyl (C=O) groups is 3. The van der Waals surface area contributed by atoms with Crippen LogP contribution < -0.4 is 0 Å². The molecule has 0 atom stereocenters. The fraction of sp³-hybridized carbons (Fsp3) is 0.211. The van der Waals surface area contributed by atoms with E-state index in [-0.39, 0.29) is 30.6 Å². The lowest BCUT2D eigenvalue weighted by Gasteiger charge is -2.35. The average molecular weight is 367 g/mol. The van der Waals surface area contributed by atoms with Crippen molar-refractivity contribution in [3.05, 3.63) is 75.8 Å². The standard InChI is InChI=1S/C19H17N3O5/c23-17-7-4-8-18(24)21(17)20(13-14-5-2-1-3-6-14)19(25)15-9-11-16(12-10-15)22(26)27/h1-3,5-6,9-12H,4,7-8,13H2. The minimum Gasteiger partial charge on any atom is -0.273 e. The molecule has 1 aliphatic rings. The van der Waals surface area contributed by atoms with Crippen molar-refractivity contribution < 1.29 is 19.3 Å². The largest absolute Gasteiger partial charge is 0.273 e. The van der Waals surface area contributed by atoms with Crippen molar-refractivity contribution in [2.24, 2.45) is 0 Å². The van der Waals surface area contributed by atoms with Crippen LogP contribution in [0.25, 0.3) is 0 Å². The Kier molecular flexibility index (Phi) is 5.25. The molecule has 0 bridgehead atoms. The lowest BCUT2D eigenvalue weighted by Crippen LogP contribution is -2.54. The average Bonchev–Trinajstić information content (AvgIpc) is 2.67. The van der Waals surface area contributed by atoms with Gasteiger partial charge >= 0.3 is 0 Å². The van der Waals surface area contributed by atoms with Gasteiger partial charge in [0, 0.05) is 30.5 Å². The van der Waals surface area contributed by atoms with Crippen LogP contribution >= 0.6 is 0 Å². The molecule has 8 heteroatoms. The predicted molar refractivity (Wildman–Crippen MR) is 95.1 cm³/mol. The van der Waals surface area contributed by atoms with Gasteiger partial charge in [-0.05, 0) is 24.1 Å². The van der Waals surface area contributed by atoms with Gasteiger partial charge in [-0.3, -0.25) is 24.5 Å². The van der Waals surface area contributed by atoms with Crippen LogP contribution in [0.5, 0.6) is 0 Å². The Morgan fingerprint density at radius 3 is 2.15 bits per heavy atom. The maximum atomic E-state index is 13.0. The van der Waals surface area contributed by atoms with Crippen LogP contribution in [-0.2, 0) is 16.1 Å². The lowest BCUT2D eigenvalue weighted by atomic mass is 10.1. The number of hydrazine groups is 1. The van der Waals surface area contributed by atoms with E-state index in [1.807, 2.05) is 6.07 Å². The third-order valence-electron chi connectivity index (χ3n) is 4.23. The molecule has 8 nitrogen and oxygen atoms in total. The number of nitro benzene ring substituents is 1. The van der Waals surface area contributed by atoms with Gasteiger partial charge in [-0.1, -0.05) is 30.3 Å². The van der Waals surface area contributed by atoms with Gasteiger partial charge in [-0.25, -0.2) is 5.01 Å². The number of nitrogens with zero attached hydrogens (tertiary/aromatic N) is 3. The Morgan fingerprint density at radius 1 is 1.00 bits per heavy atom. The van der Waals surface area contributed by atoms with Gasteiger partial charge in [0.1, 0.15) is 0 Å². The van der Waals surface area contributed by atoms with E-state index < -0.39 is 22.6 Å². The fourth-order valence-electron chi connectivity index (χ4n) is 2.88. The van der Waals surface area contributed by atoms with Crippen LogP contribution in [0, 0.1) is 10.1 Å². The first-order valence-electron chi connectivity index (χ1n) is 8.43. The number of imide groups is 1. The molecular formula is C19H17N3O5. The number of nitro groups is 1. The third-order valence-corrected chi connectivity index (χ3v) is 4.23. The summed E-state index contributed by atoms with van der Waals surface area (Å²) < 4.78 is 0. The summed E-state index contributed by atoms with van der Waals surface area (Å²) in [6.07, 6.45) is 0.828. The normalized spacial score (nSPS) is 14.1. The highest BCUT2D eigenvalue weighted by Gasteiger charge is 2.34. The summed E-state index contributed by atoms with van der Waals surface area (Å²) in [7, 11) is 0. The van der Waals surface area contributed by atoms with Gasteiger partial charge in [0.2, 0.25) is 11.8 Å². The number of non-ortho nitro benzene ring substituents is 1. The second kappa shape index (κ2) is 7.77. The first-order chi connectivity index (χ1) is 13.0. The topological polar surface area (TPSA) is 101 Å². The second-order valence-corrected chi connectivity index (χ2v) is 6.11. The van der Waals surface area contributed by atoms with Crippen LogP contribution in [0.4, 0.5) is 5.69 Å². The number of benzene rings is 2. The van der Waals surface area contributed by atoms with Gasteiger partial charge in [0.15, 0.2) is 0 Å². The number of rotatable bonds is 5. The second-order valence-electron chi connectivity index (χ2n) is 6.11. The van der Waals surface area contributed by atoms with Crippen molar-refractivity contribution in [1.29, 1.82) is 0 Å². The zero-order chi connectivity index (χ0) is 19.4. The Bertz CT molecular complexity index is 864. The first kappa shape index (κ1) is 18.2. The van der Waals surface area contributed by atoms with E-state index in [1.54, 1.807) is 24.3 Å². The highest BCUT2D eigenvalue weighted by atomic mass is 16.6. The summed E-state index contributed by atoms with van der Waals surface area (Å²) in [5, 5.41) is 12.8. The quantitative estimate of drug-likeness (QED) is 0.459. The SMILES string of the molecule is O=C(c1ccc([N+](=O)[O-])cc1)N(Cc1ccccc1)N1C(=O)CCCC1=O. The molecule has 0 unspecified atom stereocenters. The van der Waals surface area contributed by atoms with Crippen LogP contribution in [0.15, 0.2) is 54.6 Å². The molecule has 0 radical (unpaired) electrons. The molecule has 0 aromatic heterocycles. The van der Waals surface area contributed by atoms with E-state index >= 15 is 0 Å². The Labute approximate surface area is 155 Å². The summed E-state index contributed by atoms with van der Waals surface area (Å²) in [5.74, 6) is -1.44. The van der Waals surface area contributed by atoms with Crippen LogP contribution in [0.3, 0.4) is 0 Å². The number of carbonyl (C=O) groups excluding carboxylic acids is 3. The predicted octanol–water partition coefficient (Wildman–Crippen LogP) is 2.69. The maximum absolute atomic E-state index is 13.0. The molecule has 0 saturated carbocycles. The minimum absolute atomic E-state index is 0.0359. The zero-order valence-corrected chi connectivity index (χ0v) is 14.4. The molecule has 1 aliphatic heterocycles. The van der Waals surface area contributed by atoms with E-state index in [0.717, 1.165) is 15.6 Å². The van der Waals surface area contributed by atoms with Gasteiger partial charge in [0.25, 0.3) is 11.6 Å². The summed E-state index contributed by atoms with van der Waals surface area (Å²) in [6.45, 7) is 0.0359. The Morgan fingerprint density at radius 2 is 1.59 bits per heavy atom.